The molecule has 1 N–H and O–H groups in total. The molecule has 6 aromatic carbocycles. The van der Waals surface area contributed by atoms with Gasteiger partial charge in [0.2, 0.25) is 0 Å². The molecule has 0 amide bonds. The van der Waals surface area contributed by atoms with E-state index < -0.39 is 0 Å². The van der Waals surface area contributed by atoms with E-state index in [1.54, 1.807) is 11.3 Å². The summed E-state index contributed by atoms with van der Waals surface area (Å²) in [5.41, 5.74) is 12.6. The molecule has 4 heteroatoms. The van der Waals surface area contributed by atoms with Crippen LogP contribution >= 0.6 is 11.3 Å². The molecule has 56 heavy (non-hydrogen) atoms. The van der Waals surface area contributed by atoms with Gasteiger partial charge >= 0.3 is 0 Å². The van der Waals surface area contributed by atoms with Crippen molar-refractivity contribution in [2.75, 3.05) is 0 Å². The predicted octanol–water partition coefficient (Wildman–Crippen LogP) is 15.1. The van der Waals surface area contributed by atoms with E-state index in [0.29, 0.717) is 0 Å². The first-order valence-electron chi connectivity index (χ1n) is 19.8. The van der Waals surface area contributed by atoms with E-state index in [4.69, 9.17) is 9.98 Å². The van der Waals surface area contributed by atoms with E-state index >= 15 is 0 Å². The van der Waals surface area contributed by atoms with Gasteiger partial charge in [-0.15, -0.1) is 11.3 Å². The first kappa shape index (κ1) is 39.2. The van der Waals surface area contributed by atoms with E-state index in [9.17, 15) is 5.11 Å². The maximum absolute atomic E-state index is 11.6. The summed E-state index contributed by atoms with van der Waals surface area (Å²) < 4.78 is 1.15. The molecular weight excluding hydrogens is 701 g/mol. The lowest BCUT2D eigenvalue weighted by atomic mass is 9.79. The van der Waals surface area contributed by atoms with Gasteiger partial charge in [-0.2, -0.15) is 0 Å². The van der Waals surface area contributed by atoms with E-state index in [0.717, 1.165) is 59.5 Å². The summed E-state index contributed by atoms with van der Waals surface area (Å²) in [6.45, 7) is 26.7. The van der Waals surface area contributed by atoms with Crippen LogP contribution in [0.5, 0.6) is 5.75 Å². The highest BCUT2D eigenvalue weighted by molar-refractivity contribution is 7.21. The van der Waals surface area contributed by atoms with Crippen LogP contribution < -0.4 is 0 Å². The Morgan fingerprint density at radius 2 is 1.20 bits per heavy atom. The van der Waals surface area contributed by atoms with Crippen molar-refractivity contribution < 1.29 is 5.11 Å². The predicted molar refractivity (Wildman–Crippen MR) is 244 cm³/mol. The number of aliphatic imine (C=N–C) groups is 1. The fourth-order valence-electron chi connectivity index (χ4n) is 7.27. The Balaban J connectivity index is 1.38. The number of hydrogen-bond donors (Lipinski definition) is 1. The highest BCUT2D eigenvalue weighted by Gasteiger charge is 2.25. The Kier molecular flexibility index (Phi) is 9.90. The number of fused-ring (bicyclic) bond motifs is 2. The van der Waals surface area contributed by atoms with Crippen molar-refractivity contribution in [1.82, 2.24) is 4.98 Å². The van der Waals surface area contributed by atoms with Crippen molar-refractivity contribution in [3.63, 3.8) is 0 Å². The molecule has 0 unspecified atom stereocenters. The third-order valence-corrected chi connectivity index (χ3v) is 11.9. The van der Waals surface area contributed by atoms with Crippen molar-refractivity contribution in [2.24, 2.45) is 4.99 Å². The number of phenolic OH excluding ortho intramolecular Hbond substituents is 1. The number of phenols is 1. The van der Waals surface area contributed by atoms with Gasteiger partial charge in [-0.3, -0.25) is 4.99 Å². The van der Waals surface area contributed by atoms with Crippen LogP contribution in [0.25, 0.3) is 53.8 Å². The molecule has 0 spiro atoms. The van der Waals surface area contributed by atoms with Crippen LogP contribution in [-0.2, 0) is 21.7 Å². The molecule has 1 heterocycles. The maximum Gasteiger partial charge on any atom is 0.128 e. The van der Waals surface area contributed by atoms with Crippen LogP contribution in [0.4, 0.5) is 5.69 Å². The summed E-state index contributed by atoms with van der Waals surface area (Å²) in [4.78, 5) is 10.7. The van der Waals surface area contributed by atoms with E-state index in [1.165, 1.54) is 27.8 Å². The van der Waals surface area contributed by atoms with Gasteiger partial charge in [-0.05, 0) is 84.7 Å². The van der Waals surface area contributed by atoms with Gasteiger partial charge in [0.1, 0.15) is 10.8 Å². The quantitative estimate of drug-likeness (QED) is 0.178. The SMILES string of the molecule is CC(C)(C)c1cccc(-c2ccc(-c3cc(C(C)(C)C)cc4sc(-c5ccc6ccccc6c5N=Cc5cc(C(C)(C)C)cc(C(C)(C)C)c5O)nc34)cc2)c1. The molecule has 3 nitrogen and oxygen atoms in total. The first-order chi connectivity index (χ1) is 26.2. The molecule has 0 aliphatic rings. The zero-order valence-corrected chi connectivity index (χ0v) is 36.0. The average Bonchev–Trinajstić information content (AvgIpc) is 3.56. The van der Waals surface area contributed by atoms with Gasteiger partial charge in [0.15, 0.2) is 0 Å². The van der Waals surface area contributed by atoms with Gasteiger partial charge in [0.25, 0.3) is 0 Å². The summed E-state index contributed by atoms with van der Waals surface area (Å²) in [5, 5.41) is 14.7. The minimum Gasteiger partial charge on any atom is -0.507 e. The Morgan fingerprint density at radius 1 is 0.554 bits per heavy atom. The van der Waals surface area contributed by atoms with E-state index in [2.05, 4.69) is 192 Å². The minimum absolute atomic E-state index is 0.0473. The standard InChI is InChI=1S/C52H56N2OS/c1-49(2,3)37-18-15-17-35(26-37)32-20-22-34(23-21-32)42-28-39(51(7,8)9)30-44-46(42)54-48(56-44)41-25-24-33-16-13-14-19-40(33)45(41)53-31-36-27-38(50(4,5)6)29-43(47(36)55)52(10,11)12/h13-31,55H,1-12H3. The van der Waals surface area contributed by atoms with Crippen LogP contribution in [0.15, 0.2) is 114 Å². The Morgan fingerprint density at radius 3 is 1.86 bits per heavy atom. The third-order valence-electron chi connectivity index (χ3n) is 10.9. The fourth-order valence-corrected chi connectivity index (χ4v) is 8.32. The van der Waals surface area contributed by atoms with Crippen LogP contribution in [0.3, 0.4) is 0 Å². The topological polar surface area (TPSA) is 45.5 Å². The minimum atomic E-state index is -0.235. The zero-order valence-electron chi connectivity index (χ0n) is 35.2. The van der Waals surface area contributed by atoms with Gasteiger partial charge < -0.3 is 5.11 Å². The zero-order chi connectivity index (χ0) is 40.4. The second-order valence-electron chi connectivity index (χ2n) is 19.5. The van der Waals surface area contributed by atoms with Crippen LogP contribution in [-0.4, -0.2) is 16.3 Å². The number of nitrogens with zero attached hydrogens (tertiary/aromatic N) is 2. The number of aromatic hydroxyl groups is 1. The molecule has 0 saturated carbocycles. The number of rotatable bonds is 5. The van der Waals surface area contributed by atoms with Crippen molar-refractivity contribution in [2.45, 2.75) is 105 Å². The molecule has 0 bridgehead atoms. The van der Waals surface area contributed by atoms with Crippen LogP contribution in [0.2, 0.25) is 0 Å². The van der Waals surface area contributed by atoms with Gasteiger partial charge in [-0.1, -0.05) is 168 Å². The lowest BCUT2D eigenvalue weighted by molar-refractivity contribution is 0.444. The monoisotopic (exact) mass is 756 g/mol. The number of benzene rings is 6. The number of aromatic nitrogens is 1. The van der Waals surface area contributed by atoms with Crippen LogP contribution in [0, 0.1) is 0 Å². The van der Waals surface area contributed by atoms with Crippen molar-refractivity contribution in [1.29, 1.82) is 0 Å². The second kappa shape index (κ2) is 14.2. The van der Waals surface area contributed by atoms with E-state index in [1.807, 2.05) is 6.21 Å². The molecule has 0 aliphatic carbocycles. The van der Waals surface area contributed by atoms with Crippen molar-refractivity contribution in [3.8, 4) is 38.6 Å². The summed E-state index contributed by atoms with van der Waals surface area (Å²) in [6.07, 6.45) is 1.85. The molecular formula is C52H56N2OS. The Labute approximate surface area is 338 Å². The lowest BCUT2D eigenvalue weighted by Gasteiger charge is -2.27. The van der Waals surface area contributed by atoms with E-state index in [-0.39, 0.29) is 27.4 Å². The molecule has 1 aromatic heterocycles. The average molecular weight is 757 g/mol. The Hall–Kier alpha value is -5.06. The normalized spacial score (nSPS) is 13.0. The molecule has 0 saturated heterocycles. The molecule has 0 aliphatic heterocycles. The lowest BCUT2D eigenvalue weighted by Crippen LogP contribution is -2.17. The smallest absolute Gasteiger partial charge is 0.128 e. The maximum atomic E-state index is 11.6. The molecule has 0 radical (unpaired) electrons. The highest BCUT2D eigenvalue weighted by Crippen LogP contribution is 2.45. The van der Waals surface area contributed by atoms with Gasteiger partial charge in [0, 0.05) is 33.9 Å². The fraction of sp³-hybridized carbons (Fsp3) is 0.308. The molecule has 0 fully saturated rings. The van der Waals surface area contributed by atoms with Crippen LogP contribution in [0.1, 0.15) is 111 Å². The van der Waals surface area contributed by atoms with Gasteiger partial charge in [-0.25, -0.2) is 4.98 Å². The van der Waals surface area contributed by atoms with Crippen molar-refractivity contribution in [3.05, 3.63) is 137 Å². The first-order valence-corrected chi connectivity index (χ1v) is 20.6. The number of thiazole rings is 1. The highest BCUT2D eigenvalue weighted by atomic mass is 32.1. The third kappa shape index (κ3) is 7.82. The largest absolute Gasteiger partial charge is 0.507 e. The molecule has 0 atom stereocenters. The Bertz CT molecular complexity index is 2610. The molecule has 7 aromatic rings. The number of hydrogen-bond acceptors (Lipinski definition) is 4. The summed E-state index contributed by atoms with van der Waals surface area (Å²) in [7, 11) is 0. The molecule has 286 valence electrons. The summed E-state index contributed by atoms with van der Waals surface area (Å²) >= 11 is 1.72. The molecule has 7 rings (SSSR count). The summed E-state index contributed by atoms with van der Waals surface area (Å²) in [6, 6.07) is 39.5. The second-order valence-corrected chi connectivity index (χ2v) is 20.5. The van der Waals surface area contributed by atoms with Gasteiger partial charge in [0.05, 0.1) is 15.9 Å². The summed E-state index contributed by atoms with van der Waals surface area (Å²) in [5.74, 6) is 0.281. The van der Waals surface area contributed by atoms with Crippen molar-refractivity contribution >= 4 is 44.2 Å².